The quantitative estimate of drug-likeness (QED) is 0.220. The summed E-state index contributed by atoms with van der Waals surface area (Å²) >= 11 is 0. The zero-order valence-corrected chi connectivity index (χ0v) is 19.4. The van der Waals surface area contributed by atoms with Crippen molar-refractivity contribution < 1.29 is 18.9 Å². The van der Waals surface area contributed by atoms with Crippen molar-refractivity contribution in [1.82, 2.24) is 10.6 Å². The minimum Gasteiger partial charge on any atom is -0.497 e. The van der Waals surface area contributed by atoms with Gasteiger partial charge in [-0.05, 0) is 38.3 Å². The number of nitrogens with one attached hydrogen (secondary N) is 2. The van der Waals surface area contributed by atoms with Gasteiger partial charge in [-0.1, -0.05) is 6.07 Å². The van der Waals surface area contributed by atoms with Crippen LogP contribution >= 0.6 is 24.0 Å². The summed E-state index contributed by atoms with van der Waals surface area (Å²) in [4.78, 5) is 4.24. The molecule has 7 nitrogen and oxygen atoms in total. The zero-order chi connectivity index (χ0) is 19.3. The molecular formula is C20H34IN3O4. The lowest BCUT2D eigenvalue weighted by Crippen LogP contribution is -2.42. The Bertz CT molecular complexity index is 568. The van der Waals surface area contributed by atoms with Crippen LogP contribution in [0.4, 0.5) is 0 Å². The Kier molecular flexibility index (Phi) is 13.0. The van der Waals surface area contributed by atoms with Crippen LogP contribution in [0, 0.1) is 0 Å². The number of guanidine groups is 1. The Labute approximate surface area is 185 Å². The van der Waals surface area contributed by atoms with Crippen LogP contribution < -0.4 is 20.1 Å². The van der Waals surface area contributed by atoms with Crippen LogP contribution in [0.5, 0.6) is 11.5 Å². The molecule has 28 heavy (non-hydrogen) atoms. The number of halogens is 1. The van der Waals surface area contributed by atoms with Crippen LogP contribution in [0.2, 0.25) is 0 Å². The van der Waals surface area contributed by atoms with Crippen LogP contribution in [-0.4, -0.2) is 65.2 Å². The monoisotopic (exact) mass is 507 g/mol. The lowest BCUT2D eigenvalue weighted by atomic mass is 10.1. The molecule has 0 radical (unpaired) electrons. The molecule has 0 bridgehead atoms. The largest absolute Gasteiger partial charge is 0.497 e. The van der Waals surface area contributed by atoms with E-state index in [2.05, 4.69) is 15.6 Å². The van der Waals surface area contributed by atoms with Crippen molar-refractivity contribution in [3.05, 3.63) is 24.3 Å². The fourth-order valence-corrected chi connectivity index (χ4v) is 2.78. The van der Waals surface area contributed by atoms with Gasteiger partial charge in [0, 0.05) is 39.5 Å². The van der Waals surface area contributed by atoms with Gasteiger partial charge in [-0.15, -0.1) is 24.0 Å². The van der Waals surface area contributed by atoms with E-state index in [4.69, 9.17) is 18.9 Å². The summed E-state index contributed by atoms with van der Waals surface area (Å²) in [5.74, 6) is 2.34. The van der Waals surface area contributed by atoms with E-state index in [0.29, 0.717) is 12.6 Å². The topological polar surface area (TPSA) is 73.3 Å². The summed E-state index contributed by atoms with van der Waals surface area (Å²) in [6.07, 6.45) is 3.29. The lowest BCUT2D eigenvalue weighted by Gasteiger charge is -2.22. The van der Waals surface area contributed by atoms with E-state index in [1.165, 1.54) is 0 Å². The van der Waals surface area contributed by atoms with E-state index in [1.54, 1.807) is 14.2 Å². The maximum Gasteiger partial charge on any atom is 0.191 e. The molecule has 1 atom stereocenters. The number of methoxy groups -OCH3 is 1. The third kappa shape index (κ3) is 9.79. The van der Waals surface area contributed by atoms with E-state index in [0.717, 1.165) is 63.1 Å². The molecule has 1 aliphatic heterocycles. The van der Waals surface area contributed by atoms with Gasteiger partial charge < -0.3 is 29.6 Å². The van der Waals surface area contributed by atoms with Gasteiger partial charge in [0.15, 0.2) is 5.96 Å². The summed E-state index contributed by atoms with van der Waals surface area (Å²) in [7, 11) is 3.41. The highest BCUT2D eigenvalue weighted by molar-refractivity contribution is 14.0. The molecule has 1 heterocycles. The molecule has 1 aliphatic rings. The molecule has 2 N–H and O–H groups in total. The predicted molar refractivity (Wildman–Crippen MR) is 122 cm³/mol. The molecule has 1 aromatic rings. The average molecular weight is 507 g/mol. The van der Waals surface area contributed by atoms with E-state index in [-0.39, 0.29) is 30.1 Å². The number of nitrogens with zero attached hydrogens (tertiary/aromatic N) is 1. The third-order valence-electron chi connectivity index (χ3n) is 4.29. The number of benzene rings is 1. The highest BCUT2D eigenvalue weighted by Gasteiger charge is 2.13. The third-order valence-corrected chi connectivity index (χ3v) is 4.29. The Morgan fingerprint density at radius 3 is 2.71 bits per heavy atom. The van der Waals surface area contributed by atoms with E-state index in [1.807, 2.05) is 31.2 Å². The molecular weight excluding hydrogens is 473 g/mol. The summed E-state index contributed by atoms with van der Waals surface area (Å²) in [5.41, 5.74) is 0. The minimum absolute atomic E-state index is 0. The van der Waals surface area contributed by atoms with Crippen molar-refractivity contribution in [3.63, 3.8) is 0 Å². The van der Waals surface area contributed by atoms with Crippen molar-refractivity contribution in [3.8, 4) is 11.5 Å². The van der Waals surface area contributed by atoms with Gasteiger partial charge >= 0.3 is 0 Å². The second kappa shape index (κ2) is 14.7. The molecule has 1 aromatic carbocycles. The Hall–Kier alpha value is -1.26. The maximum atomic E-state index is 5.91. The standard InChI is InChI=1S/C20H33N3O4.HI/c1-16(27-19-7-4-6-18(14-19)24-3)15-23-20(21-2)22-10-5-11-26-17-8-12-25-13-9-17;/h4,6-7,14,16-17H,5,8-13,15H2,1-3H3,(H2,21,22,23);1H. The van der Waals surface area contributed by atoms with Crippen molar-refractivity contribution in [1.29, 1.82) is 0 Å². The molecule has 1 fully saturated rings. The van der Waals surface area contributed by atoms with Crippen molar-refractivity contribution in [2.24, 2.45) is 4.99 Å². The van der Waals surface area contributed by atoms with Crippen molar-refractivity contribution in [2.45, 2.75) is 38.4 Å². The number of hydrogen-bond acceptors (Lipinski definition) is 5. The molecule has 0 aliphatic carbocycles. The Morgan fingerprint density at radius 2 is 2.00 bits per heavy atom. The number of aliphatic imine (C=N–C) groups is 1. The number of rotatable bonds is 10. The second-order valence-electron chi connectivity index (χ2n) is 6.52. The molecule has 0 amide bonds. The van der Waals surface area contributed by atoms with Gasteiger partial charge in [-0.25, -0.2) is 0 Å². The van der Waals surface area contributed by atoms with E-state index < -0.39 is 0 Å². The first kappa shape index (κ1) is 24.8. The van der Waals surface area contributed by atoms with Crippen molar-refractivity contribution in [2.75, 3.05) is 47.1 Å². The van der Waals surface area contributed by atoms with Gasteiger partial charge in [0.25, 0.3) is 0 Å². The van der Waals surface area contributed by atoms with Gasteiger partial charge in [-0.2, -0.15) is 0 Å². The molecule has 0 aromatic heterocycles. The predicted octanol–water partition coefficient (Wildman–Crippen LogP) is 2.83. The van der Waals surface area contributed by atoms with Gasteiger partial charge in [0.05, 0.1) is 19.8 Å². The summed E-state index contributed by atoms with van der Waals surface area (Å²) in [5, 5.41) is 6.59. The first-order chi connectivity index (χ1) is 13.2. The normalized spacial score (nSPS) is 16.0. The maximum absolute atomic E-state index is 5.91. The second-order valence-corrected chi connectivity index (χ2v) is 6.52. The van der Waals surface area contributed by atoms with Crippen molar-refractivity contribution >= 4 is 29.9 Å². The Morgan fingerprint density at radius 1 is 1.25 bits per heavy atom. The number of hydrogen-bond donors (Lipinski definition) is 2. The van der Waals surface area contributed by atoms with Gasteiger partial charge in [0.2, 0.25) is 0 Å². The average Bonchev–Trinajstić information content (AvgIpc) is 2.71. The molecule has 0 spiro atoms. The summed E-state index contributed by atoms with van der Waals surface area (Å²) in [6, 6.07) is 7.61. The van der Waals surface area contributed by atoms with Gasteiger partial charge in [0.1, 0.15) is 17.6 Å². The minimum atomic E-state index is -0.00694. The first-order valence-corrected chi connectivity index (χ1v) is 9.66. The molecule has 160 valence electrons. The van der Waals surface area contributed by atoms with Crippen LogP contribution in [0.15, 0.2) is 29.3 Å². The molecule has 8 heteroatoms. The van der Waals surface area contributed by atoms with E-state index >= 15 is 0 Å². The SMILES string of the molecule is CN=C(NCCCOC1CCOCC1)NCC(C)Oc1cccc(OC)c1.I. The highest BCUT2D eigenvalue weighted by Crippen LogP contribution is 2.19. The molecule has 1 unspecified atom stereocenters. The molecule has 1 saturated heterocycles. The fourth-order valence-electron chi connectivity index (χ4n) is 2.78. The smallest absolute Gasteiger partial charge is 0.191 e. The summed E-state index contributed by atoms with van der Waals surface area (Å²) in [6.45, 7) is 5.86. The highest BCUT2D eigenvalue weighted by atomic mass is 127. The van der Waals surface area contributed by atoms with E-state index in [9.17, 15) is 0 Å². The number of ether oxygens (including phenoxy) is 4. The fraction of sp³-hybridized carbons (Fsp3) is 0.650. The lowest BCUT2D eigenvalue weighted by molar-refractivity contribution is -0.0320. The van der Waals surface area contributed by atoms with Crippen LogP contribution in [0.3, 0.4) is 0 Å². The Balaban J connectivity index is 0.00000392. The van der Waals surface area contributed by atoms with Crippen LogP contribution in [0.25, 0.3) is 0 Å². The van der Waals surface area contributed by atoms with Crippen LogP contribution in [0.1, 0.15) is 26.2 Å². The zero-order valence-electron chi connectivity index (χ0n) is 17.1. The summed E-state index contributed by atoms with van der Waals surface area (Å²) < 4.78 is 22.3. The molecule has 0 saturated carbocycles. The first-order valence-electron chi connectivity index (χ1n) is 9.66. The van der Waals surface area contributed by atoms with Crippen LogP contribution in [-0.2, 0) is 9.47 Å². The molecule has 2 rings (SSSR count). The van der Waals surface area contributed by atoms with Gasteiger partial charge in [-0.3, -0.25) is 4.99 Å².